The zero-order valence-electron chi connectivity index (χ0n) is 24.8. The molecule has 0 aliphatic rings. The van der Waals surface area contributed by atoms with Crippen LogP contribution in [-0.4, -0.2) is 75.6 Å². The number of hydrogen-bond acceptors (Lipinski definition) is 6. The molecule has 0 unspecified atom stereocenters. The van der Waals surface area contributed by atoms with Crippen molar-refractivity contribution >= 4 is 17.8 Å². The van der Waals surface area contributed by atoms with E-state index in [1.165, 1.54) is 57.8 Å². The van der Waals surface area contributed by atoms with Crippen molar-refractivity contribution in [2.45, 2.75) is 122 Å². The summed E-state index contributed by atoms with van der Waals surface area (Å²) in [7, 11) is 0. The van der Waals surface area contributed by atoms with Gasteiger partial charge in [0.15, 0.2) is 0 Å². The van der Waals surface area contributed by atoms with Crippen LogP contribution in [0.2, 0.25) is 0 Å². The van der Waals surface area contributed by atoms with Crippen LogP contribution in [-0.2, 0) is 28.6 Å². The van der Waals surface area contributed by atoms with Gasteiger partial charge in [0.05, 0.1) is 39.6 Å². The third kappa shape index (κ3) is 32.4. The second-order valence-corrected chi connectivity index (χ2v) is 10.1. The summed E-state index contributed by atoms with van der Waals surface area (Å²) in [6.07, 6.45) is 18.8. The number of hydrogen-bond donors (Lipinski definition) is 3. The quantitative estimate of drug-likeness (QED) is 0.0974. The van der Waals surface area contributed by atoms with E-state index in [9.17, 15) is 14.4 Å². The standard InChI is InChI=1S/C30H58N2O7/c1-2-17-28(33)31-20-22-37-24-26-39-27-25-38-23-21-32-29(34)18-15-13-11-9-7-5-3-4-6-8-10-12-14-16-19-30(35)36/h2-27H2,1H3,(H,31,33)(H,32,34)(H,35,36). The van der Waals surface area contributed by atoms with Crippen molar-refractivity contribution in [2.24, 2.45) is 0 Å². The Labute approximate surface area is 237 Å². The molecule has 0 atom stereocenters. The maximum absolute atomic E-state index is 11.9. The lowest BCUT2D eigenvalue weighted by atomic mass is 10.0. The lowest BCUT2D eigenvalue weighted by molar-refractivity contribution is -0.137. The topological polar surface area (TPSA) is 123 Å². The molecule has 0 aliphatic heterocycles. The number of nitrogens with one attached hydrogen (secondary N) is 2. The minimum absolute atomic E-state index is 0.0616. The first-order valence-corrected chi connectivity index (χ1v) is 15.5. The maximum atomic E-state index is 11.9. The van der Waals surface area contributed by atoms with Crippen LogP contribution >= 0.6 is 0 Å². The molecule has 230 valence electrons. The van der Waals surface area contributed by atoms with E-state index in [1.54, 1.807) is 0 Å². The van der Waals surface area contributed by atoms with Gasteiger partial charge in [0.2, 0.25) is 11.8 Å². The van der Waals surface area contributed by atoms with Crippen LogP contribution in [0.25, 0.3) is 0 Å². The maximum Gasteiger partial charge on any atom is 0.303 e. The molecule has 0 radical (unpaired) electrons. The Kier molecular flexibility index (Phi) is 29.5. The molecule has 0 aromatic rings. The van der Waals surface area contributed by atoms with Gasteiger partial charge in [-0.05, 0) is 19.3 Å². The monoisotopic (exact) mass is 558 g/mol. The van der Waals surface area contributed by atoms with Crippen molar-refractivity contribution in [2.75, 3.05) is 52.7 Å². The van der Waals surface area contributed by atoms with Crippen LogP contribution in [0.1, 0.15) is 122 Å². The highest BCUT2D eigenvalue weighted by molar-refractivity contribution is 5.76. The van der Waals surface area contributed by atoms with Crippen LogP contribution in [0.4, 0.5) is 0 Å². The van der Waals surface area contributed by atoms with Crippen molar-refractivity contribution in [3.05, 3.63) is 0 Å². The first kappa shape index (κ1) is 37.3. The van der Waals surface area contributed by atoms with E-state index >= 15 is 0 Å². The summed E-state index contributed by atoms with van der Waals surface area (Å²) in [4.78, 5) is 33.6. The molecule has 0 heterocycles. The molecule has 0 aromatic heterocycles. The van der Waals surface area contributed by atoms with Gasteiger partial charge in [0, 0.05) is 32.4 Å². The van der Waals surface area contributed by atoms with Gasteiger partial charge in [-0.2, -0.15) is 0 Å². The van der Waals surface area contributed by atoms with Crippen molar-refractivity contribution in [3.63, 3.8) is 0 Å². The molecule has 9 heteroatoms. The lowest BCUT2D eigenvalue weighted by Crippen LogP contribution is -2.27. The van der Waals surface area contributed by atoms with Gasteiger partial charge in [-0.15, -0.1) is 0 Å². The number of carbonyl (C=O) groups excluding carboxylic acids is 2. The molecule has 9 nitrogen and oxygen atoms in total. The molecule has 0 bridgehead atoms. The van der Waals surface area contributed by atoms with Crippen LogP contribution < -0.4 is 10.6 Å². The zero-order valence-corrected chi connectivity index (χ0v) is 24.8. The minimum Gasteiger partial charge on any atom is -0.481 e. The third-order valence-corrected chi connectivity index (χ3v) is 6.40. The second-order valence-electron chi connectivity index (χ2n) is 10.1. The highest BCUT2D eigenvalue weighted by atomic mass is 16.5. The van der Waals surface area contributed by atoms with Crippen molar-refractivity contribution in [1.29, 1.82) is 0 Å². The predicted molar refractivity (Wildman–Crippen MR) is 155 cm³/mol. The third-order valence-electron chi connectivity index (χ3n) is 6.40. The van der Waals surface area contributed by atoms with Gasteiger partial charge in [-0.25, -0.2) is 0 Å². The Morgan fingerprint density at radius 1 is 0.487 bits per heavy atom. The van der Waals surface area contributed by atoms with Crippen molar-refractivity contribution in [3.8, 4) is 0 Å². The van der Waals surface area contributed by atoms with E-state index in [0.717, 1.165) is 38.5 Å². The fourth-order valence-electron chi connectivity index (χ4n) is 4.15. The Morgan fingerprint density at radius 3 is 1.21 bits per heavy atom. The van der Waals surface area contributed by atoms with Crippen molar-refractivity contribution in [1.82, 2.24) is 10.6 Å². The smallest absolute Gasteiger partial charge is 0.303 e. The lowest BCUT2D eigenvalue weighted by Gasteiger charge is -2.08. The minimum atomic E-state index is -0.682. The Balaban J connectivity index is 3.19. The number of unbranched alkanes of at least 4 members (excludes halogenated alkanes) is 13. The normalized spacial score (nSPS) is 11.0. The number of rotatable bonds is 31. The molecule has 2 amide bonds. The van der Waals surface area contributed by atoms with Gasteiger partial charge < -0.3 is 30.0 Å². The average Bonchev–Trinajstić information content (AvgIpc) is 2.91. The fraction of sp³-hybridized carbons (Fsp3) is 0.900. The molecule has 0 fully saturated rings. The van der Waals surface area contributed by atoms with Gasteiger partial charge in [-0.3, -0.25) is 14.4 Å². The van der Waals surface area contributed by atoms with Crippen LogP contribution in [0.15, 0.2) is 0 Å². The summed E-state index contributed by atoms with van der Waals surface area (Å²) in [5.74, 6) is -0.523. The molecule has 0 spiro atoms. The van der Waals surface area contributed by atoms with E-state index in [0.29, 0.717) is 72.0 Å². The molecular weight excluding hydrogens is 500 g/mol. The number of carboxylic acid groups (broad SMARTS) is 1. The van der Waals surface area contributed by atoms with Gasteiger partial charge in [-0.1, -0.05) is 84.0 Å². The largest absolute Gasteiger partial charge is 0.481 e. The van der Waals surface area contributed by atoms with Gasteiger partial charge in [0.1, 0.15) is 0 Å². The molecule has 0 rings (SSSR count). The Hall–Kier alpha value is -1.71. The SMILES string of the molecule is CCCC(=O)NCCOCCOCCOCCNC(=O)CCCCCCCCCCCCCCCCC(=O)O. The van der Waals surface area contributed by atoms with E-state index in [4.69, 9.17) is 19.3 Å². The summed E-state index contributed by atoms with van der Waals surface area (Å²) < 4.78 is 16.3. The first-order chi connectivity index (χ1) is 19.1. The van der Waals surface area contributed by atoms with Gasteiger partial charge >= 0.3 is 5.97 Å². The summed E-state index contributed by atoms with van der Waals surface area (Å²) >= 11 is 0. The molecule has 0 saturated carbocycles. The van der Waals surface area contributed by atoms with Crippen LogP contribution in [0, 0.1) is 0 Å². The van der Waals surface area contributed by atoms with Crippen LogP contribution in [0.5, 0.6) is 0 Å². The number of carbonyl (C=O) groups is 3. The molecule has 39 heavy (non-hydrogen) atoms. The van der Waals surface area contributed by atoms with Gasteiger partial charge in [0.25, 0.3) is 0 Å². The number of ether oxygens (including phenoxy) is 3. The second kappa shape index (κ2) is 30.8. The summed E-state index contributed by atoms with van der Waals surface area (Å²) in [5, 5.41) is 14.3. The fourth-order valence-corrected chi connectivity index (χ4v) is 4.15. The van der Waals surface area contributed by atoms with E-state index in [-0.39, 0.29) is 11.8 Å². The van der Waals surface area contributed by atoms with E-state index in [1.807, 2.05) is 6.92 Å². The average molecular weight is 559 g/mol. The van der Waals surface area contributed by atoms with Crippen molar-refractivity contribution < 1.29 is 33.7 Å². The summed E-state index contributed by atoms with van der Waals surface area (Å²) in [6.45, 7) is 5.94. The summed E-state index contributed by atoms with van der Waals surface area (Å²) in [5.41, 5.74) is 0. The van der Waals surface area contributed by atoms with E-state index in [2.05, 4.69) is 10.6 Å². The zero-order chi connectivity index (χ0) is 28.7. The number of carboxylic acids is 1. The first-order valence-electron chi connectivity index (χ1n) is 15.5. The molecule has 0 saturated heterocycles. The number of amides is 2. The summed E-state index contributed by atoms with van der Waals surface area (Å²) in [6, 6.07) is 0. The highest BCUT2D eigenvalue weighted by Crippen LogP contribution is 2.13. The number of aliphatic carboxylic acids is 1. The Bertz CT molecular complexity index is 576. The predicted octanol–water partition coefficient (Wildman–Crippen LogP) is 5.39. The Morgan fingerprint density at radius 2 is 0.821 bits per heavy atom. The molecule has 3 N–H and O–H groups in total. The van der Waals surface area contributed by atoms with Crippen LogP contribution in [0.3, 0.4) is 0 Å². The molecule has 0 aliphatic carbocycles. The molecule has 0 aromatic carbocycles. The highest BCUT2D eigenvalue weighted by Gasteiger charge is 2.02. The molecular formula is C30H58N2O7. The van der Waals surface area contributed by atoms with E-state index < -0.39 is 5.97 Å².